The molecule has 0 unspecified atom stereocenters. The fourth-order valence-electron chi connectivity index (χ4n) is 1.62. The van der Waals surface area contributed by atoms with Crippen LogP contribution in [-0.2, 0) is 0 Å². The Labute approximate surface area is 103 Å². The summed E-state index contributed by atoms with van der Waals surface area (Å²) < 4.78 is 13.1. The van der Waals surface area contributed by atoms with Crippen LogP contribution < -0.4 is 5.32 Å². The number of hydrogen-bond donors (Lipinski definition) is 2. The van der Waals surface area contributed by atoms with Crippen LogP contribution in [0.2, 0.25) is 0 Å². The lowest BCUT2D eigenvalue weighted by atomic mass is 10.2. The van der Waals surface area contributed by atoms with Crippen LogP contribution in [0.15, 0.2) is 18.2 Å². The quantitative estimate of drug-likeness (QED) is 0.866. The van der Waals surface area contributed by atoms with Gasteiger partial charge in [0.1, 0.15) is 11.6 Å². The van der Waals surface area contributed by atoms with E-state index in [9.17, 15) is 14.3 Å². The van der Waals surface area contributed by atoms with E-state index in [4.69, 9.17) is 0 Å². The van der Waals surface area contributed by atoms with E-state index in [-0.39, 0.29) is 16.1 Å². The molecule has 0 atom stereocenters. The monoisotopic (exact) mass is 255 g/mol. The van der Waals surface area contributed by atoms with Crippen molar-refractivity contribution in [3.63, 3.8) is 0 Å². The van der Waals surface area contributed by atoms with E-state index < -0.39 is 11.7 Å². The Morgan fingerprint density at radius 2 is 2.29 bits per heavy atom. The molecule has 2 rings (SSSR count). The highest BCUT2D eigenvalue weighted by atomic mass is 32.2. The number of aromatic hydroxyl groups is 1. The number of halogens is 1. The molecule has 5 heteroatoms. The van der Waals surface area contributed by atoms with Crippen LogP contribution >= 0.6 is 11.8 Å². The molecule has 1 saturated carbocycles. The van der Waals surface area contributed by atoms with E-state index in [0.717, 1.165) is 25.0 Å². The molecule has 0 aliphatic heterocycles. The summed E-state index contributed by atoms with van der Waals surface area (Å²) in [5.74, 6) is -1.15. The van der Waals surface area contributed by atoms with Crippen molar-refractivity contribution in [2.75, 3.05) is 12.8 Å². The number of phenolic OH excluding ortho intramolecular Hbond substituents is 1. The lowest BCUT2D eigenvalue weighted by Gasteiger charge is -2.13. The first kappa shape index (κ1) is 12.2. The summed E-state index contributed by atoms with van der Waals surface area (Å²) in [6, 6.07) is 3.35. The molecule has 1 amide bonds. The third-order valence-corrected chi connectivity index (χ3v) is 4.43. The molecule has 0 radical (unpaired) electrons. The molecule has 1 fully saturated rings. The van der Waals surface area contributed by atoms with Crippen LogP contribution in [0.25, 0.3) is 0 Å². The number of rotatable bonds is 4. The maximum Gasteiger partial charge on any atom is 0.255 e. The first-order valence-corrected chi connectivity index (χ1v) is 6.61. The summed E-state index contributed by atoms with van der Waals surface area (Å²) in [5, 5.41) is 12.2. The van der Waals surface area contributed by atoms with Crippen LogP contribution in [0, 0.1) is 5.82 Å². The van der Waals surface area contributed by atoms with Crippen LogP contribution in [0.5, 0.6) is 5.75 Å². The number of carbonyl (C=O) groups is 1. The van der Waals surface area contributed by atoms with Gasteiger partial charge in [0.2, 0.25) is 0 Å². The topological polar surface area (TPSA) is 49.3 Å². The second-order valence-electron chi connectivity index (χ2n) is 4.23. The van der Waals surface area contributed by atoms with Crippen LogP contribution in [0.1, 0.15) is 23.2 Å². The predicted molar refractivity (Wildman–Crippen MR) is 65.9 cm³/mol. The highest BCUT2D eigenvalue weighted by molar-refractivity contribution is 8.00. The molecular formula is C12H14FNO2S. The molecular weight excluding hydrogens is 241 g/mol. The molecule has 1 aliphatic carbocycles. The molecule has 1 aliphatic rings. The van der Waals surface area contributed by atoms with Gasteiger partial charge in [0, 0.05) is 11.3 Å². The van der Waals surface area contributed by atoms with Crippen molar-refractivity contribution in [2.45, 2.75) is 17.6 Å². The van der Waals surface area contributed by atoms with Crippen molar-refractivity contribution in [2.24, 2.45) is 0 Å². The lowest BCUT2D eigenvalue weighted by Crippen LogP contribution is -2.31. The zero-order valence-corrected chi connectivity index (χ0v) is 10.3. The van der Waals surface area contributed by atoms with Crippen molar-refractivity contribution in [3.05, 3.63) is 29.6 Å². The van der Waals surface area contributed by atoms with E-state index in [2.05, 4.69) is 5.32 Å². The number of nitrogens with one attached hydrogen (secondary N) is 1. The molecule has 0 heterocycles. The Balaban J connectivity index is 2.02. The van der Waals surface area contributed by atoms with Gasteiger partial charge in [-0.25, -0.2) is 4.39 Å². The van der Waals surface area contributed by atoms with E-state index in [1.54, 1.807) is 11.8 Å². The van der Waals surface area contributed by atoms with Gasteiger partial charge in [0.05, 0.1) is 5.56 Å². The van der Waals surface area contributed by atoms with Crippen LogP contribution in [0.4, 0.5) is 4.39 Å². The minimum Gasteiger partial charge on any atom is -0.507 e. The summed E-state index contributed by atoms with van der Waals surface area (Å²) >= 11 is 1.73. The second kappa shape index (κ2) is 4.56. The highest BCUT2D eigenvalue weighted by Gasteiger charge is 2.42. The fraction of sp³-hybridized carbons (Fsp3) is 0.417. The number of amides is 1. The van der Waals surface area contributed by atoms with E-state index >= 15 is 0 Å². The number of hydrogen-bond acceptors (Lipinski definition) is 3. The summed E-state index contributed by atoms with van der Waals surface area (Å²) in [6.07, 6.45) is 4.19. The minimum absolute atomic E-state index is 0.0121. The Hall–Kier alpha value is -1.23. The van der Waals surface area contributed by atoms with E-state index in [0.29, 0.717) is 6.54 Å². The first-order chi connectivity index (χ1) is 8.06. The van der Waals surface area contributed by atoms with Crippen molar-refractivity contribution in [1.82, 2.24) is 5.32 Å². The van der Waals surface area contributed by atoms with Gasteiger partial charge in [0.25, 0.3) is 5.91 Å². The van der Waals surface area contributed by atoms with Crippen molar-refractivity contribution in [3.8, 4) is 5.75 Å². The van der Waals surface area contributed by atoms with Gasteiger partial charge in [-0.15, -0.1) is 0 Å². The Bertz CT molecular complexity index is 446. The SMILES string of the molecule is CSC1(CNC(=O)c2cc(F)ccc2O)CC1. The van der Waals surface area contributed by atoms with Gasteiger partial charge in [-0.05, 0) is 37.3 Å². The smallest absolute Gasteiger partial charge is 0.255 e. The Morgan fingerprint density at radius 3 is 2.88 bits per heavy atom. The maximum absolute atomic E-state index is 13.0. The van der Waals surface area contributed by atoms with Crippen LogP contribution in [-0.4, -0.2) is 28.6 Å². The van der Waals surface area contributed by atoms with Gasteiger partial charge in [-0.3, -0.25) is 4.79 Å². The van der Waals surface area contributed by atoms with Gasteiger partial charge in [0.15, 0.2) is 0 Å². The molecule has 1 aromatic carbocycles. The molecule has 2 N–H and O–H groups in total. The highest BCUT2D eigenvalue weighted by Crippen LogP contribution is 2.46. The second-order valence-corrected chi connectivity index (χ2v) is 5.51. The predicted octanol–water partition coefficient (Wildman–Crippen LogP) is 2.16. The van der Waals surface area contributed by atoms with Gasteiger partial charge < -0.3 is 10.4 Å². The average molecular weight is 255 g/mol. The zero-order chi connectivity index (χ0) is 12.5. The molecule has 0 bridgehead atoms. The number of phenols is 1. The number of carbonyl (C=O) groups excluding carboxylic acids is 1. The molecule has 0 aromatic heterocycles. The van der Waals surface area contributed by atoms with E-state index in [1.165, 1.54) is 6.07 Å². The van der Waals surface area contributed by atoms with Gasteiger partial charge in [-0.2, -0.15) is 11.8 Å². The Kier molecular flexibility index (Phi) is 3.28. The molecule has 3 nitrogen and oxygen atoms in total. The standard InChI is InChI=1S/C12H14FNO2S/c1-17-12(4-5-12)7-14-11(16)9-6-8(13)2-3-10(9)15/h2-3,6,15H,4-5,7H2,1H3,(H,14,16). The zero-order valence-electron chi connectivity index (χ0n) is 9.50. The fourth-order valence-corrected chi connectivity index (χ4v) is 2.35. The lowest BCUT2D eigenvalue weighted by molar-refractivity contribution is 0.0950. The summed E-state index contributed by atoms with van der Waals surface area (Å²) in [7, 11) is 0. The van der Waals surface area contributed by atoms with Gasteiger partial charge >= 0.3 is 0 Å². The van der Waals surface area contributed by atoms with Gasteiger partial charge in [-0.1, -0.05) is 0 Å². The largest absolute Gasteiger partial charge is 0.507 e. The first-order valence-electron chi connectivity index (χ1n) is 5.38. The molecule has 0 saturated heterocycles. The van der Waals surface area contributed by atoms with Crippen LogP contribution in [0.3, 0.4) is 0 Å². The number of benzene rings is 1. The normalized spacial score (nSPS) is 16.6. The van der Waals surface area contributed by atoms with Crippen molar-refractivity contribution in [1.29, 1.82) is 0 Å². The molecule has 17 heavy (non-hydrogen) atoms. The summed E-state index contributed by atoms with van der Waals surface area (Å²) in [4.78, 5) is 11.8. The minimum atomic E-state index is -0.529. The van der Waals surface area contributed by atoms with E-state index in [1.807, 2.05) is 6.26 Å². The maximum atomic E-state index is 13.0. The molecule has 1 aromatic rings. The number of thioether (sulfide) groups is 1. The Morgan fingerprint density at radius 1 is 1.59 bits per heavy atom. The molecule has 0 spiro atoms. The van der Waals surface area contributed by atoms with Crippen molar-refractivity contribution >= 4 is 17.7 Å². The summed E-state index contributed by atoms with van der Waals surface area (Å²) in [6.45, 7) is 0.558. The average Bonchev–Trinajstić information content (AvgIpc) is 3.10. The summed E-state index contributed by atoms with van der Waals surface area (Å²) in [5.41, 5.74) is -0.0121. The van der Waals surface area contributed by atoms with Crippen molar-refractivity contribution < 1.29 is 14.3 Å². The third-order valence-electron chi connectivity index (χ3n) is 3.02. The molecule has 92 valence electrons. The third kappa shape index (κ3) is 2.72.